The van der Waals surface area contributed by atoms with E-state index < -0.39 is 0 Å². The zero-order valence-corrected chi connectivity index (χ0v) is 14.2. The third kappa shape index (κ3) is 3.60. The van der Waals surface area contributed by atoms with E-state index in [9.17, 15) is 9.59 Å². The zero-order chi connectivity index (χ0) is 17.1. The van der Waals surface area contributed by atoms with Gasteiger partial charge in [0, 0.05) is 30.2 Å². The van der Waals surface area contributed by atoms with Gasteiger partial charge in [0.05, 0.1) is 5.92 Å². The van der Waals surface area contributed by atoms with Crippen LogP contribution in [0.5, 0.6) is 0 Å². The summed E-state index contributed by atoms with van der Waals surface area (Å²) in [5, 5.41) is 3.51. The Balaban J connectivity index is 1.64. The molecular formula is C19H19ClN2O2. The summed E-state index contributed by atoms with van der Waals surface area (Å²) in [6.07, 6.45) is 0.248. The standard InChI is InChI=1S/C19H19ClN2O2/c1-13-16(20)8-5-9-17(13)21-19(24)15-10-18(23)22(12-15)11-14-6-3-2-4-7-14/h2-9,15H,10-12H2,1H3,(H,21,24). The van der Waals surface area contributed by atoms with E-state index in [1.165, 1.54) is 0 Å². The van der Waals surface area contributed by atoms with Gasteiger partial charge < -0.3 is 10.2 Å². The maximum Gasteiger partial charge on any atom is 0.229 e. The molecule has 2 amide bonds. The second-order valence-electron chi connectivity index (χ2n) is 6.06. The summed E-state index contributed by atoms with van der Waals surface area (Å²) in [7, 11) is 0. The molecule has 0 radical (unpaired) electrons. The summed E-state index contributed by atoms with van der Waals surface area (Å²) in [6.45, 7) is 2.85. The number of hydrogen-bond donors (Lipinski definition) is 1. The van der Waals surface area contributed by atoms with Crippen LogP contribution in [-0.2, 0) is 16.1 Å². The maximum absolute atomic E-state index is 12.5. The highest BCUT2D eigenvalue weighted by atomic mass is 35.5. The van der Waals surface area contributed by atoms with E-state index in [4.69, 9.17) is 11.6 Å². The number of rotatable bonds is 4. The van der Waals surface area contributed by atoms with Crippen LogP contribution in [0.4, 0.5) is 5.69 Å². The molecule has 24 heavy (non-hydrogen) atoms. The first-order valence-corrected chi connectivity index (χ1v) is 8.30. The lowest BCUT2D eigenvalue weighted by molar-refractivity contribution is -0.128. The first kappa shape index (κ1) is 16.5. The van der Waals surface area contributed by atoms with Crippen LogP contribution in [0.2, 0.25) is 5.02 Å². The Kier molecular flexibility index (Phi) is 4.86. The molecule has 2 aromatic rings. The number of carbonyl (C=O) groups is 2. The van der Waals surface area contributed by atoms with Crippen LogP contribution in [0.15, 0.2) is 48.5 Å². The van der Waals surface area contributed by atoms with Crippen molar-refractivity contribution in [3.8, 4) is 0 Å². The van der Waals surface area contributed by atoms with E-state index in [0.29, 0.717) is 23.8 Å². The molecular weight excluding hydrogens is 324 g/mol. The van der Waals surface area contributed by atoms with Crippen LogP contribution < -0.4 is 5.32 Å². The minimum atomic E-state index is -0.334. The van der Waals surface area contributed by atoms with Gasteiger partial charge in [0.2, 0.25) is 11.8 Å². The highest BCUT2D eigenvalue weighted by Gasteiger charge is 2.34. The molecule has 0 aromatic heterocycles. The molecule has 5 heteroatoms. The summed E-state index contributed by atoms with van der Waals surface area (Å²) in [6, 6.07) is 15.2. The molecule has 0 bridgehead atoms. The van der Waals surface area contributed by atoms with Crippen molar-refractivity contribution in [1.82, 2.24) is 4.90 Å². The zero-order valence-electron chi connectivity index (χ0n) is 13.5. The Morgan fingerprint density at radius 3 is 2.71 bits per heavy atom. The minimum absolute atomic E-state index is 0.0156. The third-order valence-electron chi connectivity index (χ3n) is 4.33. The molecule has 0 spiro atoms. The largest absolute Gasteiger partial charge is 0.338 e. The van der Waals surface area contributed by atoms with E-state index >= 15 is 0 Å². The number of nitrogens with one attached hydrogen (secondary N) is 1. The average molecular weight is 343 g/mol. The van der Waals surface area contributed by atoms with Gasteiger partial charge in [0.15, 0.2) is 0 Å². The van der Waals surface area contributed by atoms with Crippen molar-refractivity contribution >= 4 is 29.1 Å². The predicted molar refractivity (Wildman–Crippen MR) is 94.8 cm³/mol. The van der Waals surface area contributed by atoms with E-state index in [1.807, 2.05) is 43.3 Å². The number of amides is 2. The molecule has 1 aliphatic rings. The van der Waals surface area contributed by atoms with E-state index in [0.717, 1.165) is 11.1 Å². The smallest absolute Gasteiger partial charge is 0.229 e. The number of halogens is 1. The second kappa shape index (κ2) is 7.05. The molecule has 1 unspecified atom stereocenters. The second-order valence-corrected chi connectivity index (χ2v) is 6.47. The Morgan fingerprint density at radius 1 is 1.21 bits per heavy atom. The van der Waals surface area contributed by atoms with Crippen LogP contribution in [0, 0.1) is 12.8 Å². The summed E-state index contributed by atoms with van der Waals surface area (Å²) >= 11 is 6.08. The van der Waals surface area contributed by atoms with Gasteiger partial charge >= 0.3 is 0 Å². The number of carbonyl (C=O) groups excluding carboxylic acids is 2. The summed E-state index contributed by atoms with van der Waals surface area (Å²) in [5.74, 6) is -0.453. The van der Waals surface area contributed by atoms with E-state index in [1.54, 1.807) is 17.0 Å². The molecule has 2 aromatic carbocycles. The van der Waals surface area contributed by atoms with Crippen LogP contribution in [-0.4, -0.2) is 23.3 Å². The first-order valence-electron chi connectivity index (χ1n) is 7.92. The van der Waals surface area contributed by atoms with Gasteiger partial charge in [0.1, 0.15) is 0 Å². The number of benzene rings is 2. The molecule has 1 heterocycles. The molecule has 4 nitrogen and oxygen atoms in total. The van der Waals surface area contributed by atoms with Crippen molar-refractivity contribution in [1.29, 1.82) is 0 Å². The lowest BCUT2D eigenvalue weighted by atomic mass is 10.1. The SMILES string of the molecule is Cc1c(Cl)cccc1NC(=O)C1CC(=O)N(Cc2ccccc2)C1. The normalized spacial score (nSPS) is 17.2. The topological polar surface area (TPSA) is 49.4 Å². The van der Waals surface area contributed by atoms with Crippen molar-refractivity contribution in [2.45, 2.75) is 19.9 Å². The summed E-state index contributed by atoms with van der Waals surface area (Å²) < 4.78 is 0. The fourth-order valence-corrected chi connectivity index (χ4v) is 3.06. The Labute approximate surface area is 146 Å². The third-order valence-corrected chi connectivity index (χ3v) is 4.74. The molecule has 0 aliphatic carbocycles. The van der Waals surface area contributed by atoms with Gasteiger partial charge in [-0.2, -0.15) is 0 Å². The van der Waals surface area contributed by atoms with Gasteiger partial charge in [-0.1, -0.05) is 48.0 Å². The molecule has 1 N–H and O–H groups in total. The van der Waals surface area contributed by atoms with E-state index in [2.05, 4.69) is 5.32 Å². The van der Waals surface area contributed by atoms with Crippen molar-refractivity contribution in [2.75, 3.05) is 11.9 Å². The number of anilines is 1. The molecule has 124 valence electrons. The van der Waals surface area contributed by atoms with Crippen molar-refractivity contribution in [3.63, 3.8) is 0 Å². The fourth-order valence-electron chi connectivity index (χ4n) is 2.88. The van der Waals surface area contributed by atoms with E-state index in [-0.39, 0.29) is 24.2 Å². The van der Waals surface area contributed by atoms with Gasteiger partial charge in [-0.25, -0.2) is 0 Å². The Hall–Kier alpha value is -2.33. The lowest BCUT2D eigenvalue weighted by Gasteiger charge is -2.17. The summed E-state index contributed by atoms with van der Waals surface area (Å²) in [5.41, 5.74) is 2.59. The molecule has 1 atom stereocenters. The molecule has 1 aliphatic heterocycles. The quantitative estimate of drug-likeness (QED) is 0.922. The van der Waals surface area contributed by atoms with Crippen LogP contribution in [0.25, 0.3) is 0 Å². The minimum Gasteiger partial charge on any atom is -0.338 e. The highest BCUT2D eigenvalue weighted by molar-refractivity contribution is 6.31. The number of likely N-dealkylation sites (tertiary alicyclic amines) is 1. The molecule has 1 saturated heterocycles. The monoisotopic (exact) mass is 342 g/mol. The predicted octanol–water partition coefficient (Wildman–Crippen LogP) is 3.64. The highest BCUT2D eigenvalue weighted by Crippen LogP contribution is 2.26. The maximum atomic E-state index is 12.5. The van der Waals surface area contributed by atoms with Crippen molar-refractivity contribution in [3.05, 3.63) is 64.7 Å². The number of nitrogens with zero attached hydrogens (tertiary/aromatic N) is 1. The Morgan fingerprint density at radius 2 is 1.96 bits per heavy atom. The van der Waals surface area contributed by atoms with Crippen LogP contribution in [0.3, 0.4) is 0 Å². The number of hydrogen-bond acceptors (Lipinski definition) is 2. The van der Waals surface area contributed by atoms with Gasteiger partial charge in [0.25, 0.3) is 0 Å². The fraction of sp³-hybridized carbons (Fsp3) is 0.263. The molecule has 0 saturated carbocycles. The Bertz CT molecular complexity index is 761. The first-order chi connectivity index (χ1) is 11.5. The van der Waals surface area contributed by atoms with Gasteiger partial charge in [-0.15, -0.1) is 0 Å². The lowest BCUT2D eigenvalue weighted by Crippen LogP contribution is -2.28. The van der Waals surface area contributed by atoms with Gasteiger partial charge in [-0.05, 0) is 30.2 Å². The molecule has 1 fully saturated rings. The average Bonchev–Trinajstić information content (AvgIpc) is 2.94. The van der Waals surface area contributed by atoms with Crippen molar-refractivity contribution in [2.24, 2.45) is 5.92 Å². The van der Waals surface area contributed by atoms with Crippen LogP contribution in [0.1, 0.15) is 17.5 Å². The molecule has 3 rings (SSSR count). The van der Waals surface area contributed by atoms with Crippen molar-refractivity contribution < 1.29 is 9.59 Å². The van der Waals surface area contributed by atoms with Gasteiger partial charge in [-0.3, -0.25) is 9.59 Å². The summed E-state index contributed by atoms with van der Waals surface area (Å²) in [4.78, 5) is 26.4. The van der Waals surface area contributed by atoms with Crippen LogP contribution >= 0.6 is 11.6 Å².